The number of hydrogen-bond donors (Lipinski definition) is 1. The van der Waals surface area contributed by atoms with Crippen molar-refractivity contribution in [2.24, 2.45) is 0 Å². The Morgan fingerprint density at radius 2 is 1.74 bits per heavy atom. The third kappa shape index (κ3) is 3.40. The molecular weight excluding hydrogens is 368 g/mol. The van der Waals surface area contributed by atoms with Crippen LogP contribution in [0.1, 0.15) is 28.0 Å². The summed E-state index contributed by atoms with van der Waals surface area (Å²) in [6, 6.07) is 8.00. The number of carbonyl (C=O) groups excluding carboxylic acids is 1. The van der Waals surface area contributed by atoms with E-state index in [-0.39, 0.29) is 43.3 Å². The summed E-state index contributed by atoms with van der Waals surface area (Å²) in [6.07, 6.45) is 3.00. The van der Waals surface area contributed by atoms with Crippen LogP contribution in [0.5, 0.6) is 0 Å². The highest BCUT2D eigenvalue weighted by atomic mass is 32.2. The van der Waals surface area contributed by atoms with Crippen LogP contribution in [0.15, 0.2) is 40.0 Å². The predicted molar refractivity (Wildman–Crippen MR) is 98.0 cm³/mol. The molecule has 1 saturated heterocycles. The van der Waals surface area contributed by atoms with Crippen LogP contribution >= 0.6 is 0 Å². The SMILES string of the molecule is O=C(c1ccc(=O)[nH]n1)N1CCN(S(=O)(=O)c2ccc3c(c2)CCC3)CC1. The molecule has 142 valence electrons. The molecule has 2 aliphatic rings. The van der Waals surface area contributed by atoms with Gasteiger partial charge in [0.1, 0.15) is 5.69 Å². The van der Waals surface area contributed by atoms with Gasteiger partial charge in [0.05, 0.1) is 4.90 Å². The van der Waals surface area contributed by atoms with E-state index in [0.29, 0.717) is 4.90 Å². The molecule has 1 fully saturated rings. The van der Waals surface area contributed by atoms with Crippen LogP contribution in [0.3, 0.4) is 0 Å². The Hall–Kier alpha value is -2.52. The molecule has 1 aliphatic heterocycles. The lowest BCUT2D eigenvalue weighted by atomic mass is 10.1. The van der Waals surface area contributed by atoms with Crippen LogP contribution in [-0.2, 0) is 22.9 Å². The Labute approximate surface area is 156 Å². The molecule has 0 saturated carbocycles. The number of benzene rings is 1. The Morgan fingerprint density at radius 3 is 2.44 bits per heavy atom. The Balaban J connectivity index is 1.46. The van der Waals surface area contributed by atoms with Crippen LogP contribution in [0, 0.1) is 0 Å². The van der Waals surface area contributed by atoms with Gasteiger partial charge in [-0.2, -0.15) is 9.40 Å². The first kappa shape index (κ1) is 17.9. The molecule has 0 spiro atoms. The second-order valence-electron chi connectivity index (χ2n) is 6.79. The summed E-state index contributed by atoms with van der Waals surface area (Å²) in [5, 5.41) is 5.98. The highest BCUT2D eigenvalue weighted by Crippen LogP contribution is 2.26. The number of aromatic amines is 1. The van der Waals surface area contributed by atoms with Gasteiger partial charge in [0.2, 0.25) is 10.0 Å². The minimum Gasteiger partial charge on any atom is -0.335 e. The highest BCUT2D eigenvalue weighted by molar-refractivity contribution is 7.89. The normalized spacial score (nSPS) is 17.7. The zero-order valence-corrected chi connectivity index (χ0v) is 15.5. The molecule has 1 aliphatic carbocycles. The van der Waals surface area contributed by atoms with E-state index in [4.69, 9.17) is 0 Å². The Kier molecular flexibility index (Phi) is 4.56. The molecule has 1 N–H and O–H groups in total. The molecule has 1 aromatic carbocycles. The maximum atomic E-state index is 12.9. The van der Waals surface area contributed by atoms with Gasteiger partial charge in [-0.3, -0.25) is 9.59 Å². The van der Waals surface area contributed by atoms with E-state index in [1.165, 1.54) is 22.0 Å². The van der Waals surface area contributed by atoms with Gasteiger partial charge >= 0.3 is 0 Å². The molecule has 1 aromatic heterocycles. The van der Waals surface area contributed by atoms with Crippen LogP contribution in [0.2, 0.25) is 0 Å². The van der Waals surface area contributed by atoms with Gasteiger partial charge in [0, 0.05) is 32.2 Å². The number of aromatic nitrogens is 2. The number of carbonyl (C=O) groups is 1. The summed E-state index contributed by atoms with van der Waals surface area (Å²) in [7, 11) is -3.57. The van der Waals surface area contributed by atoms with Crippen molar-refractivity contribution in [1.29, 1.82) is 0 Å². The van der Waals surface area contributed by atoms with E-state index in [2.05, 4.69) is 10.2 Å². The van der Waals surface area contributed by atoms with E-state index < -0.39 is 10.0 Å². The van der Waals surface area contributed by atoms with Gasteiger partial charge in [-0.05, 0) is 48.6 Å². The number of aryl methyl sites for hydroxylation is 2. The molecule has 1 amide bonds. The van der Waals surface area contributed by atoms with Crippen molar-refractivity contribution >= 4 is 15.9 Å². The fourth-order valence-electron chi connectivity index (χ4n) is 3.61. The van der Waals surface area contributed by atoms with Gasteiger partial charge in [-0.15, -0.1) is 0 Å². The lowest BCUT2D eigenvalue weighted by molar-refractivity contribution is 0.0690. The first-order valence-corrected chi connectivity index (χ1v) is 10.4. The van der Waals surface area contributed by atoms with Gasteiger partial charge in [0.25, 0.3) is 11.5 Å². The summed E-state index contributed by atoms with van der Waals surface area (Å²) >= 11 is 0. The van der Waals surface area contributed by atoms with Crippen molar-refractivity contribution in [3.05, 3.63) is 57.5 Å². The number of H-pyrrole nitrogens is 1. The molecule has 2 heterocycles. The fraction of sp³-hybridized carbons (Fsp3) is 0.389. The van der Waals surface area contributed by atoms with E-state index in [1.807, 2.05) is 6.07 Å². The van der Waals surface area contributed by atoms with Gasteiger partial charge in [0.15, 0.2) is 0 Å². The first-order valence-electron chi connectivity index (χ1n) is 8.92. The number of amides is 1. The monoisotopic (exact) mass is 388 g/mol. The van der Waals surface area contributed by atoms with Crippen molar-refractivity contribution in [2.45, 2.75) is 24.2 Å². The average Bonchev–Trinajstić information content (AvgIpc) is 3.16. The molecule has 9 heteroatoms. The summed E-state index contributed by atoms with van der Waals surface area (Å²) in [6.45, 7) is 1.02. The summed E-state index contributed by atoms with van der Waals surface area (Å²) < 4.78 is 27.3. The number of piperazine rings is 1. The van der Waals surface area contributed by atoms with E-state index in [9.17, 15) is 18.0 Å². The standard InChI is InChI=1S/C18H20N4O4S/c23-17-7-6-16(19-20-17)18(24)21-8-10-22(11-9-21)27(25,26)15-5-4-13-2-1-3-14(13)12-15/h4-7,12H,1-3,8-11H2,(H,20,23). The van der Waals surface area contributed by atoms with Crippen molar-refractivity contribution < 1.29 is 13.2 Å². The van der Waals surface area contributed by atoms with Gasteiger partial charge < -0.3 is 4.90 Å². The van der Waals surface area contributed by atoms with Crippen LogP contribution in [-0.4, -0.2) is 59.9 Å². The highest BCUT2D eigenvalue weighted by Gasteiger charge is 2.31. The zero-order valence-electron chi connectivity index (χ0n) is 14.7. The molecule has 0 radical (unpaired) electrons. The fourth-order valence-corrected chi connectivity index (χ4v) is 5.09. The third-order valence-electron chi connectivity index (χ3n) is 5.13. The number of rotatable bonds is 3. The van der Waals surface area contributed by atoms with E-state index in [1.54, 1.807) is 17.0 Å². The van der Waals surface area contributed by atoms with Crippen molar-refractivity contribution in [1.82, 2.24) is 19.4 Å². The van der Waals surface area contributed by atoms with Crippen molar-refractivity contribution in [3.8, 4) is 0 Å². The van der Waals surface area contributed by atoms with Gasteiger partial charge in [-0.1, -0.05) is 6.07 Å². The minimum atomic E-state index is -3.57. The number of fused-ring (bicyclic) bond motifs is 1. The Morgan fingerprint density at radius 1 is 1.00 bits per heavy atom. The van der Waals surface area contributed by atoms with Crippen LogP contribution in [0.4, 0.5) is 0 Å². The maximum absolute atomic E-state index is 12.9. The molecule has 0 bridgehead atoms. The number of nitrogens with zero attached hydrogens (tertiary/aromatic N) is 3. The van der Waals surface area contributed by atoms with E-state index in [0.717, 1.165) is 24.8 Å². The third-order valence-corrected chi connectivity index (χ3v) is 7.03. The second-order valence-corrected chi connectivity index (χ2v) is 8.72. The average molecular weight is 388 g/mol. The number of sulfonamides is 1. The van der Waals surface area contributed by atoms with Gasteiger partial charge in [-0.25, -0.2) is 13.5 Å². The molecule has 4 rings (SSSR count). The summed E-state index contributed by atoms with van der Waals surface area (Å²) in [5.74, 6) is -0.319. The minimum absolute atomic E-state index is 0.143. The number of nitrogens with one attached hydrogen (secondary N) is 1. The van der Waals surface area contributed by atoms with Crippen molar-refractivity contribution in [3.63, 3.8) is 0 Å². The number of hydrogen-bond acceptors (Lipinski definition) is 5. The second kappa shape index (κ2) is 6.90. The first-order chi connectivity index (χ1) is 12.9. The van der Waals surface area contributed by atoms with Crippen molar-refractivity contribution in [2.75, 3.05) is 26.2 Å². The van der Waals surface area contributed by atoms with Crippen LogP contribution < -0.4 is 5.56 Å². The largest absolute Gasteiger partial charge is 0.335 e. The Bertz CT molecular complexity index is 1020. The maximum Gasteiger partial charge on any atom is 0.274 e. The summed E-state index contributed by atoms with van der Waals surface area (Å²) in [5.41, 5.74) is 2.12. The topological polar surface area (TPSA) is 103 Å². The zero-order chi connectivity index (χ0) is 19.0. The van der Waals surface area contributed by atoms with Crippen LogP contribution in [0.25, 0.3) is 0 Å². The lowest BCUT2D eigenvalue weighted by Gasteiger charge is -2.33. The molecular formula is C18H20N4O4S. The lowest BCUT2D eigenvalue weighted by Crippen LogP contribution is -2.50. The smallest absolute Gasteiger partial charge is 0.274 e. The molecule has 0 atom stereocenters. The predicted octanol–water partition coefficient (Wildman–Crippen LogP) is 0.405. The summed E-state index contributed by atoms with van der Waals surface area (Å²) in [4.78, 5) is 25.4. The molecule has 0 unspecified atom stereocenters. The molecule has 27 heavy (non-hydrogen) atoms. The quantitative estimate of drug-likeness (QED) is 0.820. The molecule has 8 nitrogen and oxygen atoms in total. The van der Waals surface area contributed by atoms with E-state index >= 15 is 0 Å². The molecule has 2 aromatic rings.